The van der Waals surface area contributed by atoms with E-state index in [9.17, 15) is 9.90 Å². The summed E-state index contributed by atoms with van der Waals surface area (Å²) >= 11 is 6.14. The van der Waals surface area contributed by atoms with Gasteiger partial charge in [0.2, 0.25) is 0 Å². The van der Waals surface area contributed by atoms with Gasteiger partial charge < -0.3 is 16.0 Å². The van der Waals surface area contributed by atoms with Crippen LogP contribution in [0.3, 0.4) is 0 Å². The first kappa shape index (κ1) is 18.9. The average molecular weight is 386 g/mol. The van der Waals surface area contributed by atoms with Crippen molar-refractivity contribution < 1.29 is 15.4 Å². The third kappa shape index (κ3) is 3.82. The Kier molecular flexibility index (Phi) is 5.48. The number of carboxylic acid groups (broad SMARTS) is 1. The quantitative estimate of drug-likeness (QED) is 0.594. The van der Waals surface area contributed by atoms with E-state index in [1.807, 2.05) is 48.5 Å². The number of fused-ring (bicyclic) bond motifs is 2. The summed E-state index contributed by atoms with van der Waals surface area (Å²) in [5.74, 6) is -1.14. The molecule has 4 rings (SSSR count). The fraction of sp³-hybridized carbons (Fsp3) is 0.200. The van der Waals surface area contributed by atoms with Gasteiger partial charge in [-0.3, -0.25) is 15.2 Å². The van der Waals surface area contributed by atoms with Gasteiger partial charge in [0.15, 0.2) is 0 Å². The minimum atomic E-state index is -0.756. The standard InChI is InChI=1S/C20H18ClN3O2.H2O/c21-13-7-8-15-18(11-13)22-17-9-6-12(20(25)26)10-16(17)19(15)24-23-14-4-2-1-3-5-14;/h1-5,7-8,11-12,23H,6,9-10H2,(H,22,24)(H,25,26);1H2. The van der Waals surface area contributed by atoms with E-state index >= 15 is 0 Å². The molecule has 1 aliphatic carbocycles. The highest BCUT2D eigenvalue weighted by molar-refractivity contribution is 6.31. The lowest BCUT2D eigenvalue weighted by molar-refractivity contribution is -0.142. The van der Waals surface area contributed by atoms with Gasteiger partial charge in [-0.25, -0.2) is 0 Å². The summed E-state index contributed by atoms with van der Waals surface area (Å²) in [6.07, 6.45) is 1.72. The molecule has 6 nitrogen and oxygen atoms in total. The first-order valence-electron chi connectivity index (χ1n) is 8.52. The van der Waals surface area contributed by atoms with Crippen LogP contribution in [-0.2, 0) is 17.6 Å². The number of aromatic nitrogens is 1. The first-order chi connectivity index (χ1) is 12.6. The number of aryl methyl sites for hydroxylation is 1. The lowest BCUT2D eigenvalue weighted by Crippen LogP contribution is -2.25. The summed E-state index contributed by atoms with van der Waals surface area (Å²) < 4.78 is 0. The van der Waals surface area contributed by atoms with Gasteiger partial charge in [-0.05, 0) is 49.6 Å². The molecule has 0 amide bonds. The fourth-order valence-corrected chi connectivity index (χ4v) is 3.59. The topological polar surface area (TPSA) is 106 Å². The normalized spacial score (nSPS) is 15.5. The van der Waals surface area contributed by atoms with Crippen LogP contribution < -0.4 is 10.9 Å². The molecule has 5 N–H and O–H groups in total. The van der Waals surface area contributed by atoms with Gasteiger partial charge >= 0.3 is 5.97 Å². The average Bonchev–Trinajstić information content (AvgIpc) is 2.65. The zero-order valence-corrected chi connectivity index (χ0v) is 15.3. The summed E-state index contributed by atoms with van der Waals surface area (Å²) in [4.78, 5) is 16.2. The maximum absolute atomic E-state index is 11.5. The van der Waals surface area contributed by atoms with Crippen molar-refractivity contribution in [1.29, 1.82) is 0 Å². The highest BCUT2D eigenvalue weighted by atomic mass is 35.5. The molecule has 1 unspecified atom stereocenters. The van der Waals surface area contributed by atoms with Gasteiger partial charge in [-0.2, -0.15) is 0 Å². The van der Waals surface area contributed by atoms with E-state index in [0.29, 0.717) is 24.3 Å². The number of para-hydroxylation sites is 1. The van der Waals surface area contributed by atoms with E-state index in [-0.39, 0.29) is 11.4 Å². The number of aliphatic carboxylic acids is 1. The van der Waals surface area contributed by atoms with Gasteiger partial charge in [-0.1, -0.05) is 29.8 Å². The summed E-state index contributed by atoms with van der Waals surface area (Å²) in [5, 5.41) is 11.0. The highest BCUT2D eigenvalue weighted by Crippen LogP contribution is 2.36. The van der Waals surface area contributed by atoms with E-state index in [4.69, 9.17) is 16.6 Å². The van der Waals surface area contributed by atoms with Gasteiger partial charge in [0.25, 0.3) is 0 Å². The van der Waals surface area contributed by atoms with Gasteiger partial charge in [0.1, 0.15) is 0 Å². The minimum absolute atomic E-state index is 0. The molecule has 1 heterocycles. The molecule has 0 fully saturated rings. The number of halogens is 1. The molecule has 2 aromatic carbocycles. The molecular formula is C20H20ClN3O3. The zero-order chi connectivity index (χ0) is 18.1. The zero-order valence-electron chi connectivity index (χ0n) is 14.5. The molecule has 0 saturated carbocycles. The van der Waals surface area contributed by atoms with E-state index < -0.39 is 5.97 Å². The van der Waals surface area contributed by atoms with Crippen molar-refractivity contribution in [3.8, 4) is 0 Å². The van der Waals surface area contributed by atoms with E-state index in [2.05, 4.69) is 10.9 Å². The summed E-state index contributed by atoms with van der Waals surface area (Å²) in [6, 6.07) is 15.4. The van der Waals surface area contributed by atoms with Crippen molar-refractivity contribution in [1.82, 2.24) is 4.98 Å². The summed E-state index contributed by atoms with van der Waals surface area (Å²) in [6.45, 7) is 0. The summed E-state index contributed by atoms with van der Waals surface area (Å²) in [5.41, 5.74) is 11.0. The van der Waals surface area contributed by atoms with Gasteiger partial charge in [-0.15, -0.1) is 0 Å². The molecule has 1 atom stereocenters. The fourth-order valence-electron chi connectivity index (χ4n) is 3.42. The molecule has 0 bridgehead atoms. The Morgan fingerprint density at radius 1 is 1.15 bits per heavy atom. The SMILES string of the molecule is O.O=C(O)C1CCc2nc3cc(Cl)ccc3c(NNc3ccccc3)c2C1. The number of carboxylic acids is 1. The molecule has 27 heavy (non-hydrogen) atoms. The number of benzene rings is 2. The lowest BCUT2D eigenvalue weighted by atomic mass is 9.85. The van der Waals surface area contributed by atoms with E-state index in [1.54, 1.807) is 0 Å². The van der Waals surface area contributed by atoms with Crippen molar-refractivity contribution in [3.05, 3.63) is 64.8 Å². The first-order valence-corrected chi connectivity index (χ1v) is 8.90. The Bertz CT molecular complexity index is 979. The maximum atomic E-state index is 11.5. The van der Waals surface area contributed by atoms with Crippen LogP contribution in [0.15, 0.2) is 48.5 Å². The smallest absolute Gasteiger partial charge is 0.306 e. The predicted octanol–water partition coefficient (Wildman–Crippen LogP) is 3.69. The number of hydrazine groups is 1. The maximum Gasteiger partial charge on any atom is 0.306 e. The minimum Gasteiger partial charge on any atom is -0.481 e. The number of carbonyl (C=O) groups is 1. The van der Waals surface area contributed by atoms with Crippen molar-refractivity contribution in [2.45, 2.75) is 19.3 Å². The van der Waals surface area contributed by atoms with Crippen molar-refractivity contribution in [2.24, 2.45) is 5.92 Å². The van der Waals surface area contributed by atoms with Crippen molar-refractivity contribution >= 4 is 39.8 Å². The molecule has 1 aliphatic rings. The molecule has 0 spiro atoms. The van der Waals surface area contributed by atoms with Crippen molar-refractivity contribution in [2.75, 3.05) is 10.9 Å². The second-order valence-electron chi connectivity index (χ2n) is 6.47. The van der Waals surface area contributed by atoms with Crippen LogP contribution >= 0.6 is 11.6 Å². The Labute approximate surface area is 161 Å². The van der Waals surface area contributed by atoms with Gasteiger partial charge in [0, 0.05) is 21.7 Å². The van der Waals surface area contributed by atoms with Crippen LogP contribution in [0.4, 0.5) is 11.4 Å². The van der Waals surface area contributed by atoms with Crippen LogP contribution in [-0.4, -0.2) is 21.5 Å². The monoisotopic (exact) mass is 385 g/mol. The third-order valence-corrected chi connectivity index (χ3v) is 5.00. The van der Waals surface area contributed by atoms with Crippen LogP contribution in [0.1, 0.15) is 17.7 Å². The highest BCUT2D eigenvalue weighted by Gasteiger charge is 2.28. The second-order valence-corrected chi connectivity index (χ2v) is 6.90. The molecular weight excluding hydrogens is 366 g/mol. The molecule has 0 saturated heterocycles. The Morgan fingerprint density at radius 3 is 2.67 bits per heavy atom. The largest absolute Gasteiger partial charge is 0.481 e. The Balaban J connectivity index is 0.00000210. The van der Waals surface area contributed by atoms with E-state index in [1.165, 1.54) is 0 Å². The molecule has 0 radical (unpaired) electrons. The number of anilines is 2. The molecule has 3 aromatic rings. The Hall–Kier alpha value is -2.83. The number of hydrogen-bond donors (Lipinski definition) is 3. The number of rotatable bonds is 4. The lowest BCUT2D eigenvalue weighted by Gasteiger charge is -2.25. The molecule has 7 heteroatoms. The number of nitrogens with one attached hydrogen (secondary N) is 2. The van der Waals surface area contributed by atoms with Crippen molar-refractivity contribution in [3.63, 3.8) is 0 Å². The van der Waals surface area contributed by atoms with E-state index in [0.717, 1.165) is 33.5 Å². The number of hydrogen-bond acceptors (Lipinski definition) is 4. The van der Waals surface area contributed by atoms with Crippen LogP contribution in [0.25, 0.3) is 10.9 Å². The second kappa shape index (κ2) is 7.82. The Morgan fingerprint density at radius 2 is 1.93 bits per heavy atom. The third-order valence-electron chi connectivity index (χ3n) is 4.77. The summed E-state index contributed by atoms with van der Waals surface area (Å²) in [7, 11) is 0. The number of nitrogens with zero attached hydrogens (tertiary/aromatic N) is 1. The van der Waals surface area contributed by atoms with Gasteiger partial charge in [0.05, 0.1) is 22.8 Å². The molecule has 1 aromatic heterocycles. The van der Waals surface area contributed by atoms with Crippen LogP contribution in [0.5, 0.6) is 0 Å². The predicted molar refractivity (Wildman–Crippen MR) is 107 cm³/mol. The number of pyridine rings is 1. The molecule has 140 valence electrons. The van der Waals surface area contributed by atoms with Crippen LogP contribution in [0.2, 0.25) is 5.02 Å². The van der Waals surface area contributed by atoms with Crippen LogP contribution in [0, 0.1) is 5.92 Å². The molecule has 0 aliphatic heterocycles.